The molecule has 1 aromatic carbocycles. The Hall–Kier alpha value is -1.54. The lowest BCUT2D eigenvalue weighted by molar-refractivity contribution is 0.455. The normalized spacial score (nSPS) is 19.7. The van der Waals surface area contributed by atoms with Gasteiger partial charge in [0.1, 0.15) is 0 Å². The average molecular weight is 393 g/mol. The van der Waals surface area contributed by atoms with E-state index in [1.807, 2.05) is 23.5 Å². The molecule has 0 saturated carbocycles. The molecule has 0 aliphatic carbocycles. The highest BCUT2D eigenvalue weighted by atomic mass is 32.2. The quantitative estimate of drug-likeness (QED) is 0.596. The Bertz CT molecular complexity index is 585. The Labute approximate surface area is 164 Å². The molecular weight excluding hydrogens is 364 g/mol. The van der Waals surface area contributed by atoms with Crippen molar-refractivity contribution < 1.29 is 0 Å². The van der Waals surface area contributed by atoms with Crippen molar-refractivity contribution in [3.8, 4) is 0 Å². The summed E-state index contributed by atoms with van der Waals surface area (Å²) in [6, 6.07) is 8.37. The molecule has 3 rings (SSSR count). The van der Waals surface area contributed by atoms with E-state index in [0.717, 1.165) is 60.3 Å². The molecule has 142 valence electrons. The van der Waals surface area contributed by atoms with E-state index in [1.165, 1.54) is 0 Å². The molecule has 0 spiro atoms. The van der Waals surface area contributed by atoms with Gasteiger partial charge in [-0.25, -0.2) is 9.98 Å². The van der Waals surface area contributed by atoms with Crippen molar-refractivity contribution in [2.75, 3.05) is 49.2 Å². The van der Waals surface area contributed by atoms with Crippen LogP contribution in [0.4, 0.5) is 0 Å². The molecule has 4 N–H and O–H groups in total. The maximum Gasteiger partial charge on any atom is 0.191 e. The average Bonchev–Trinajstić information content (AvgIpc) is 2.72. The first kappa shape index (κ1) is 19.2. The number of hydrogen-bond acceptors (Lipinski definition) is 4. The van der Waals surface area contributed by atoms with Gasteiger partial charge in [0, 0.05) is 49.2 Å². The van der Waals surface area contributed by atoms with Gasteiger partial charge in [-0.3, -0.25) is 0 Å². The van der Waals surface area contributed by atoms with Crippen LogP contribution in [-0.2, 0) is 13.1 Å². The summed E-state index contributed by atoms with van der Waals surface area (Å²) in [5, 5.41) is 0. The van der Waals surface area contributed by atoms with E-state index in [4.69, 9.17) is 11.5 Å². The number of guanidine groups is 2. The van der Waals surface area contributed by atoms with Crippen molar-refractivity contribution in [3.63, 3.8) is 0 Å². The van der Waals surface area contributed by atoms with Crippen molar-refractivity contribution in [1.82, 2.24) is 9.80 Å². The second-order valence-electron chi connectivity index (χ2n) is 6.37. The SMILES string of the molecule is NC(=NCc1cccc(CN=C(N)N2CCSCC2)c1)N1CCSCC1. The van der Waals surface area contributed by atoms with Crippen molar-refractivity contribution in [3.05, 3.63) is 35.4 Å². The first-order valence-electron chi connectivity index (χ1n) is 9.05. The van der Waals surface area contributed by atoms with Gasteiger partial charge >= 0.3 is 0 Å². The Morgan fingerprint density at radius 2 is 1.23 bits per heavy atom. The molecular formula is C18H28N6S2. The van der Waals surface area contributed by atoms with E-state index < -0.39 is 0 Å². The fourth-order valence-electron chi connectivity index (χ4n) is 2.96. The molecule has 0 bridgehead atoms. The molecule has 2 fully saturated rings. The number of nitrogens with zero attached hydrogens (tertiary/aromatic N) is 4. The van der Waals surface area contributed by atoms with E-state index in [1.54, 1.807) is 0 Å². The summed E-state index contributed by atoms with van der Waals surface area (Å²) < 4.78 is 0. The van der Waals surface area contributed by atoms with Gasteiger partial charge in [0.15, 0.2) is 11.9 Å². The number of hydrogen-bond donors (Lipinski definition) is 2. The zero-order chi connectivity index (χ0) is 18.2. The predicted molar refractivity (Wildman–Crippen MR) is 115 cm³/mol. The second kappa shape index (κ2) is 9.97. The van der Waals surface area contributed by atoms with Gasteiger partial charge in [-0.1, -0.05) is 24.3 Å². The van der Waals surface area contributed by atoms with Crippen molar-refractivity contribution >= 4 is 35.4 Å². The van der Waals surface area contributed by atoms with Gasteiger partial charge in [-0.2, -0.15) is 23.5 Å². The van der Waals surface area contributed by atoms with E-state index in [-0.39, 0.29) is 0 Å². The molecule has 2 aliphatic rings. The fraction of sp³-hybridized carbons (Fsp3) is 0.556. The molecule has 0 aromatic heterocycles. The maximum atomic E-state index is 6.14. The zero-order valence-electron chi connectivity index (χ0n) is 15.1. The van der Waals surface area contributed by atoms with Crippen LogP contribution in [0.15, 0.2) is 34.3 Å². The molecule has 26 heavy (non-hydrogen) atoms. The minimum atomic E-state index is 0.603. The van der Waals surface area contributed by atoms with Crippen LogP contribution >= 0.6 is 23.5 Å². The molecule has 0 radical (unpaired) electrons. The lowest BCUT2D eigenvalue weighted by atomic mass is 10.1. The summed E-state index contributed by atoms with van der Waals surface area (Å²) in [6.07, 6.45) is 0. The highest BCUT2D eigenvalue weighted by molar-refractivity contribution is 7.99. The summed E-state index contributed by atoms with van der Waals surface area (Å²) in [4.78, 5) is 13.5. The van der Waals surface area contributed by atoms with Gasteiger partial charge in [-0.15, -0.1) is 0 Å². The maximum absolute atomic E-state index is 6.14. The number of aliphatic imine (C=N–C) groups is 2. The van der Waals surface area contributed by atoms with Crippen LogP contribution in [0.2, 0.25) is 0 Å². The van der Waals surface area contributed by atoms with Gasteiger partial charge in [0.05, 0.1) is 13.1 Å². The van der Waals surface area contributed by atoms with E-state index in [0.29, 0.717) is 25.0 Å². The van der Waals surface area contributed by atoms with Gasteiger partial charge in [0.25, 0.3) is 0 Å². The summed E-state index contributed by atoms with van der Waals surface area (Å²) in [5.74, 6) is 5.81. The van der Waals surface area contributed by atoms with Gasteiger partial charge in [0.2, 0.25) is 0 Å². The van der Waals surface area contributed by atoms with E-state index in [9.17, 15) is 0 Å². The van der Waals surface area contributed by atoms with Crippen molar-refractivity contribution in [2.45, 2.75) is 13.1 Å². The molecule has 6 nitrogen and oxygen atoms in total. The molecule has 0 unspecified atom stereocenters. The Morgan fingerprint density at radius 3 is 1.65 bits per heavy atom. The Balaban J connectivity index is 1.55. The number of benzene rings is 1. The highest BCUT2D eigenvalue weighted by Crippen LogP contribution is 2.12. The molecule has 2 aliphatic heterocycles. The fourth-order valence-corrected chi connectivity index (χ4v) is 4.76. The number of nitrogens with two attached hydrogens (primary N) is 2. The molecule has 0 amide bonds. The third-order valence-corrected chi connectivity index (χ3v) is 6.39. The van der Waals surface area contributed by atoms with Crippen LogP contribution < -0.4 is 11.5 Å². The Kier molecular flexibility index (Phi) is 7.37. The third kappa shape index (κ3) is 5.74. The molecule has 0 atom stereocenters. The lowest BCUT2D eigenvalue weighted by Gasteiger charge is -2.27. The standard InChI is InChI=1S/C18H28N6S2/c19-17(23-4-8-25-9-5-23)21-13-15-2-1-3-16(12-15)14-22-18(20)24-6-10-26-11-7-24/h1-3,12H,4-11,13-14H2,(H2,19,21)(H2,20,22). The van der Waals surface area contributed by atoms with Crippen LogP contribution in [-0.4, -0.2) is 70.9 Å². The second-order valence-corrected chi connectivity index (χ2v) is 8.82. The predicted octanol–water partition coefficient (Wildman–Crippen LogP) is 1.41. The van der Waals surface area contributed by atoms with Gasteiger partial charge < -0.3 is 21.3 Å². The topological polar surface area (TPSA) is 83.2 Å². The monoisotopic (exact) mass is 392 g/mol. The molecule has 2 saturated heterocycles. The molecule has 8 heteroatoms. The summed E-state index contributed by atoms with van der Waals surface area (Å²) >= 11 is 3.94. The summed E-state index contributed by atoms with van der Waals surface area (Å²) in [5.41, 5.74) is 14.6. The molecule has 2 heterocycles. The van der Waals surface area contributed by atoms with Crippen LogP contribution in [0.1, 0.15) is 11.1 Å². The largest absolute Gasteiger partial charge is 0.370 e. The van der Waals surface area contributed by atoms with Crippen LogP contribution in [0.3, 0.4) is 0 Å². The zero-order valence-corrected chi connectivity index (χ0v) is 16.8. The van der Waals surface area contributed by atoms with E-state index in [2.05, 4.69) is 44.1 Å². The van der Waals surface area contributed by atoms with Crippen molar-refractivity contribution in [2.24, 2.45) is 21.5 Å². The minimum Gasteiger partial charge on any atom is -0.370 e. The van der Waals surface area contributed by atoms with Gasteiger partial charge in [-0.05, 0) is 11.1 Å². The van der Waals surface area contributed by atoms with E-state index >= 15 is 0 Å². The lowest BCUT2D eigenvalue weighted by Crippen LogP contribution is -2.42. The first-order chi connectivity index (χ1) is 12.7. The number of rotatable bonds is 4. The van der Waals surface area contributed by atoms with Crippen molar-refractivity contribution in [1.29, 1.82) is 0 Å². The van der Waals surface area contributed by atoms with Crippen LogP contribution in [0, 0.1) is 0 Å². The summed E-state index contributed by atoms with van der Waals surface area (Å²) in [7, 11) is 0. The Morgan fingerprint density at radius 1 is 0.808 bits per heavy atom. The summed E-state index contributed by atoms with van der Waals surface area (Å²) in [6.45, 7) is 5.16. The third-order valence-electron chi connectivity index (χ3n) is 4.51. The molecule has 1 aromatic rings. The van der Waals surface area contributed by atoms with Crippen LogP contribution in [0.25, 0.3) is 0 Å². The smallest absolute Gasteiger partial charge is 0.191 e. The minimum absolute atomic E-state index is 0.603. The first-order valence-corrected chi connectivity index (χ1v) is 11.4. The number of thioether (sulfide) groups is 2. The highest BCUT2D eigenvalue weighted by Gasteiger charge is 2.13. The van der Waals surface area contributed by atoms with Crippen LogP contribution in [0.5, 0.6) is 0 Å².